The molecule has 3 nitrogen and oxygen atoms in total. The van der Waals surface area contributed by atoms with E-state index < -0.39 is 0 Å². The maximum Gasteiger partial charge on any atom is 0.249 e. The molecule has 1 aromatic heterocycles. The van der Waals surface area contributed by atoms with Gasteiger partial charge in [-0.3, -0.25) is 9.78 Å². The van der Waals surface area contributed by atoms with Gasteiger partial charge in [0.2, 0.25) is 5.91 Å². The van der Waals surface area contributed by atoms with Gasteiger partial charge in [0.05, 0.1) is 5.69 Å². The minimum atomic E-state index is -0.368. The molecule has 1 aliphatic rings. The van der Waals surface area contributed by atoms with Crippen LogP contribution in [-0.2, 0) is 5.41 Å². The molecule has 2 aromatic rings. The maximum absolute atomic E-state index is 11.5. The fraction of sp³-hybridized carbons (Fsp3) is 0.200. The zero-order chi connectivity index (χ0) is 12.6. The van der Waals surface area contributed by atoms with Crippen molar-refractivity contribution in [3.05, 3.63) is 65.5 Å². The Morgan fingerprint density at radius 3 is 2.44 bits per heavy atom. The number of carbonyl (C=O) groups is 1. The van der Waals surface area contributed by atoms with E-state index in [2.05, 4.69) is 4.98 Å². The Hall–Kier alpha value is -2.16. The minimum absolute atomic E-state index is 0.104. The van der Waals surface area contributed by atoms with Crippen molar-refractivity contribution in [3.63, 3.8) is 0 Å². The van der Waals surface area contributed by atoms with Crippen LogP contribution in [0.5, 0.6) is 0 Å². The molecular weight excluding hydrogens is 224 g/mol. The van der Waals surface area contributed by atoms with Crippen molar-refractivity contribution in [2.45, 2.75) is 18.3 Å². The number of rotatable bonds is 3. The highest BCUT2D eigenvalue weighted by Crippen LogP contribution is 2.53. The normalized spacial score (nSPS) is 16.2. The Kier molecular flexibility index (Phi) is 2.40. The van der Waals surface area contributed by atoms with Gasteiger partial charge in [-0.15, -0.1) is 0 Å². The lowest BCUT2D eigenvalue weighted by atomic mass is 9.88. The first-order chi connectivity index (χ1) is 8.74. The first-order valence-corrected chi connectivity index (χ1v) is 6.05. The molecule has 0 spiro atoms. The van der Waals surface area contributed by atoms with Gasteiger partial charge in [-0.05, 0) is 36.6 Å². The Morgan fingerprint density at radius 2 is 1.83 bits per heavy atom. The number of amides is 1. The second kappa shape index (κ2) is 3.95. The third-order valence-electron chi connectivity index (χ3n) is 3.61. The van der Waals surface area contributed by atoms with Gasteiger partial charge in [-0.2, -0.15) is 0 Å². The second-order valence-corrected chi connectivity index (χ2v) is 4.71. The monoisotopic (exact) mass is 238 g/mol. The highest BCUT2D eigenvalue weighted by molar-refractivity contribution is 5.95. The summed E-state index contributed by atoms with van der Waals surface area (Å²) in [6, 6.07) is 13.5. The number of nitrogens with two attached hydrogens (primary N) is 1. The van der Waals surface area contributed by atoms with Gasteiger partial charge in [0, 0.05) is 17.2 Å². The lowest BCUT2D eigenvalue weighted by Gasteiger charge is -2.17. The van der Waals surface area contributed by atoms with Gasteiger partial charge in [0.15, 0.2) is 0 Å². The molecule has 3 heteroatoms. The van der Waals surface area contributed by atoms with Crippen molar-refractivity contribution < 1.29 is 4.79 Å². The van der Waals surface area contributed by atoms with E-state index in [1.165, 1.54) is 0 Å². The average Bonchev–Trinajstić information content (AvgIpc) is 3.21. The number of carbonyl (C=O) groups excluding carboxylic acids is 1. The molecule has 0 atom stereocenters. The van der Waals surface area contributed by atoms with Gasteiger partial charge in [-0.25, -0.2) is 0 Å². The molecule has 1 heterocycles. The Labute approximate surface area is 106 Å². The summed E-state index contributed by atoms with van der Waals surface area (Å²) in [5.74, 6) is -0.368. The van der Waals surface area contributed by atoms with E-state index in [0.717, 1.165) is 24.1 Å². The molecular formula is C15H14N2O. The van der Waals surface area contributed by atoms with Gasteiger partial charge < -0.3 is 5.73 Å². The molecule has 0 saturated heterocycles. The molecule has 90 valence electrons. The zero-order valence-corrected chi connectivity index (χ0v) is 9.97. The number of aromatic nitrogens is 1. The SMILES string of the molecule is NC(=O)c1ccccc1C1(c2ccccn2)CC1. The van der Waals surface area contributed by atoms with Crippen LogP contribution in [0, 0.1) is 0 Å². The molecule has 1 amide bonds. The number of benzene rings is 1. The average molecular weight is 238 g/mol. The number of hydrogen-bond acceptors (Lipinski definition) is 2. The molecule has 0 aliphatic heterocycles. The van der Waals surface area contributed by atoms with Crippen molar-refractivity contribution in [1.29, 1.82) is 0 Å². The van der Waals surface area contributed by atoms with Crippen LogP contribution in [0.4, 0.5) is 0 Å². The minimum Gasteiger partial charge on any atom is -0.366 e. The summed E-state index contributed by atoms with van der Waals surface area (Å²) < 4.78 is 0. The number of nitrogens with zero attached hydrogens (tertiary/aromatic N) is 1. The largest absolute Gasteiger partial charge is 0.366 e. The lowest BCUT2D eigenvalue weighted by molar-refractivity contribution is 0.0999. The highest BCUT2D eigenvalue weighted by Gasteiger charge is 2.48. The molecule has 2 N–H and O–H groups in total. The molecule has 1 saturated carbocycles. The van der Waals surface area contributed by atoms with Crippen LogP contribution >= 0.6 is 0 Å². The van der Waals surface area contributed by atoms with Crippen LogP contribution in [0.2, 0.25) is 0 Å². The third kappa shape index (κ3) is 1.59. The first-order valence-electron chi connectivity index (χ1n) is 6.05. The standard InChI is InChI=1S/C15H14N2O/c16-14(18)11-5-1-2-6-12(11)15(8-9-15)13-7-3-4-10-17-13/h1-7,10H,8-9H2,(H2,16,18). The molecule has 1 aromatic carbocycles. The van der Waals surface area contributed by atoms with Crippen LogP contribution in [0.25, 0.3) is 0 Å². The molecule has 18 heavy (non-hydrogen) atoms. The highest BCUT2D eigenvalue weighted by atomic mass is 16.1. The summed E-state index contributed by atoms with van der Waals surface area (Å²) in [5.41, 5.74) is 8.00. The zero-order valence-electron chi connectivity index (χ0n) is 9.97. The Morgan fingerprint density at radius 1 is 1.11 bits per heavy atom. The van der Waals surface area contributed by atoms with Crippen molar-refractivity contribution in [3.8, 4) is 0 Å². The Bertz CT molecular complexity index is 588. The summed E-state index contributed by atoms with van der Waals surface area (Å²) >= 11 is 0. The molecule has 0 bridgehead atoms. The summed E-state index contributed by atoms with van der Waals surface area (Å²) in [7, 11) is 0. The molecule has 0 radical (unpaired) electrons. The van der Waals surface area contributed by atoms with Crippen molar-refractivity contribution in [2.75, 3.05) is 0 Å². The second-order valence-electron chi connectivity index (χ2n) is 4.71. The van der Waals surface area contributed by atoms with Gasteiger partial charge >= 0.3 is 0 Å². The summed E-state index contributed by atoms with van der Waals surface area (Å²) in [5, 5.41) is 0. The van der Waals surface area contributed by atoms with Crippen LogP contribution in [-0.4, -0.2) is 10.9 Å². The van der Waals surface area contributed by atoms with Crippen LogP contribution in [0.15, 0.2) is 48.7 Å². The van der Waals surface area contributed by atoms with Crippen LogP contribution < -0.4 is 5.73 Å². The fourth-order valence-electron chi connectivity index (χ4n) is 2.55. The quantitative estimate of drug-likeness (QED) is 0.891. The van der Waals surface area contributed by atoms with Gasteiger partial charge in [0.25, 0.3) is 0 Å². The predicted octanol–water partition coefficient (Wildman–Crippen LogP) is 2.26. The first kappa shape index (κ1) is 11.0. The van der Waals surface area contributed by atoms with Crippen molar-refractivity contribution >= 4 is 5.91 Å². The number of primary amides is 1. The van der Waals surface area contributed by atoms with Crippen molar-refractivity contribution in [2.24, 2.45) is 5.73 Å². The van der Waals surface area contributed by atoms with E-state index in [9.17, 15) is 4.79 Å². The molecule has 1 aliphatic carbocycles. The predicted molar refractivity (Wildman–Crippen MR) is 69.2 cm³/mol. The fourth-order valence-corrected chi connectivity index (χ4v) is 2.55. The van der Waals surface area contributed by atoms with E-state index in [0.29, 0.717) is 5.56 Å². The van der Waals surface area contributed by atoms with Gasteiger partial charge in [0.1, 0.15) is 0 Å². The van der Waals surface area contributed by atoms with Crippen molar-refractivity contribution in [1.82, 2.24) is 4.98 Å². The van der Waals surface area contributed by atoms with E-state index in [4.69, 9.17) is 5.73 Å². The molecule has 0 unspecified atom stereocenters. The molecule has 1 fully saturated rings. The smallest absolute Gasteiger partial charge is 0.249 e. The van der Waals surface area contributed by atoms with Crippen LogP contribution in [0.1, 0.15) is 34.5 Å². The maximum atomic E-state index is 11.5. The van der Waals surface area contributed by atoms with E-state index >= 15 is 0 Å². The van der Waals surface area contributed by atoms with Crippen LogP contribution in [0.3, 0.4) is 0 Å². The lowest BCUT2D eigenvalue weighted by Crippen LogP contribution is -2.20. The summed E-state index contributed by atoms with van der Waals surface area (Å²) in [6.45, 7) is 0. The van der Waals surface area contributed by atoms with E-state index in [1.807, 2.05) is 36.4 Å². The van der Waals surface area contributed by atoms with E-state index in [1.54, 1.807) is 12.3 Å². The number of hydrogen-bond donors (Lipinski definition) is 1. The van der Waals surface area contributed by atoms with E-state index in [-0.39, 0.29) is 11.3 Å². The number of pyridine rings is 1. The summed E-state index contributed by atoms with van der Waals surface area (Å²) in [4.78, 5) is 16.0. The Balaban J connectivity index is 2.14. The van der Waals surface area contributed by atoms with Gasteiger partial charge in [-0.1, -0.05) is 24.3 Å². The summed E-state index contributed by atoms with van der Waals surface area (Å²) in [6.07, 6.45) is 3.84. The molecule has 3 rings (SSSR count). The topological polar surface area (TPSA) is 56.0 Å². The third-order valence-corrected chi connectivity index (χ3v) is 3.61.